The number of anilines is 3. The number of fused-ring (bicyclic) bond motifs is 1. The molecule has 0 aliphatic heterocycles. The van der Waals surface area contributed by atoms with Crippen molar-refractivity contribution in [3.63, 3.8) is 0 Å². The fraction of sp³-hybridized carbons (Fsp3) is 0.412. The number of nitrogens with one attached hydrogen (secondary N) is 2. The lowest BCUT2D eigenvalue weighted by atomic mass is 10.3. The Morgan fingerprint density at radius 1 is 1.21 bits per heavy atom. The number of hydrogen-bond donors (Lipinski definition) is 2. The van der Waals surface area contributed by atoms with Crippen molar-refractivity contribution >= 4 is 28.6 Å². The summed E-state index contributed by atoms with van der Waals surface area (Å²) in [4.78, 5) is 17.6. The second-order valence-electron chi connectivity index (χ2n) is 6.52. The molecule has 0 spiro atoms. The minimum atomic E-state index is 0.350. The van der Waals surface area contributed by atoms with Crippen LogP contribution in [0.1, 0.15) is 32.7 Å². The van der Waals surface area contributed by atoms with E-state index in [0.717, 1.165) is 35.1 Å². The van der Waals surface area contributed by atoms with E-state index in [1.54, 1.807) is 12.4 Å². The molecule has 0 bridgehead atoms. The van der Waals surface area contributed by atoms with Crippen LogP contribution < -0.4 is 10.6 Å². The zero-order valence-electron chi connectivity index (χ0n) is 13.9. The number of aromatic nitrogens is 5. The van der Waals surface area contributed by atoms with Gasteiger partial charge in [0, 0.05) is 24.8 Å². The van der Waals surface area contributed by atoms with Gasteiger partial charge in [0.2, 0.25) is 5.95 Å². The first-order chi connectivity index (χ1) is 11.7. The molecule has 1 aliphatic rings. The first-order valence-corrected chi connectivity index (χ1v) is 8.35. The predicted molar refractivity (Wildman–Crippen MR) is 94.4 cm³/mol. The SMILES string of the molecule is CC(C)n1cnc2cnc(Nc3ccnc(NCC4CC4)n3)cc21. The lowest BCUT2D eigenvalue weighted by Gasteiger charge is -2.10. The topological polar surface area (TPSA) is 80.5 Å². The molecule has 0 saturated heterocycles. The molecule has 2 N–H and O–H groups in total. The highest BCUT2D eigenvalue weighted by molar-refractivity contribution is 5.78. The van der Waals surface area contributed by atoms with Crippen LogP contribution in [0, 0.1) is 5.92 Å². The van der Waals surface area contributed by atoms with Crippen molar-refractivity contribution in [3.05, 3.63) is 30.9 Å². The third-order valence-electron chi connectivity index (χ3n) is 4.18. The van der Waals surface area contributed by atoms with E-state index in [-0.39, 0.29) is 0 Å². The van der Waals surface area contributed by atoms with Crippen molar-refractivity contribution in [1.29, 1.82) is 0 Å². The standard InChI is InChI=1S/C17H21N7/c1-11(2)24-10-21-13-9-19-16(7-14(13)24)22-15-5-6-18-17(23-15)20-8-12-3-4-12/h5-7,9-12H,3-4,8H2,1-2H3,(H2,18,19,20,22,23). The molecular weight excluding hydrogens is 302 g/mol. The smallest absolute Gasteiger partial charge is 0.224 e. The van der Waals surface area contributed by atoms with Crippen molar-refractivity contribution in [2.45, 2.75) is 32.7 Å². The summed E-state index contributed by atoms with van der Waals surface area (Å²) in [7, 11) is 0. The van der Waals surface area contributed by atoms with E-state index < -0.39 is 0 Å². The molecular formula is C17H21N7. The van der Waals surface area contributed by atoms with E-state index in [9.17, 15) is 0 Å². The maximum atomic E-state index is 4.50. The van der Waals surface area contributed by atoms with Crippen LogP contribution in [0.3, 0.4) is 0 Å². The average molecular weight is 323 g/mol. The zero-order valence-corrected chi connectivity index (χ0v) is 13.9. The van der Waals surface area contributed by atoms with E-state index in [4.69, 9.17) is 0 Å². The van der Waals surface area contributed by atoms with E-state index in [2.05, 4.69) is 49.0 Å². The second kappa shape index (κ2) is 6.07. The predicted octanol–water partition coefficient (Wildman–Crippen LogP) is 3.37. The Kier molecular flexibility index (Phi) is 3.76. The Labute approximate surface area is 140 Å². The minimum absolute atomic E-state index is 0.350. The normalized spacial score (nSPS) is 14.3. The Balaban J connectivity index is 1.54. The summed E-state index contributed by atoms with van der Waals surface area (Å²) in [6.07, 6.45) is 7.99. The van der Waals surface area contributed by atoms with Crippen molar-refractivity contribution in [2.75, 3.05) is 17.2 Å². The van der Waals surface area contributed by atoms with E-state index in [1.807, 2.05) is 18.5 Å². The van der Waals surface area contributed by atoms with Crippen molar-refractivity contribution in [1.82, 2.24) is 24.5 Å². The van der Waals surface area contributed by atoms with Crippen molar-refractivity contribution in [2.24, 2.45) is 5.92 Å². The number of pyridine rings is 1. The summed E-state index contributed by atoms with van der Waals surface area (Å²) in [5, 5.41) is 6.54. The van der Waals surface area contributed by atoms with Gasteiger partial charge >= 0.3 is 0 Å². The molecule has 7 nitrogen and oxygen atoms in total. The third-order valence-corrected chi connectivity index (χ3v) is 4.18. The quantitative estimate of drug-likeness (QED) is 0.724. The highest BCUT2D eigenvalue weighted by Gasteiger charge is 2.20. The van der Waals surface area contributed by atoms with Gasteiger partial charge in [-0.05, 0) is 38.7 Å². The lowest BCUT2D eigenvalue weighted by molar-refractivity contribution is 0.617. The largest absolute Gasteiger partial charge is 0.354 e. The molecule has 0 aromatic carbocycles. The molecule has 4 rings (SSSR count). The van der Waals surface area contributed by atoms with E-state index in [1.165, 1.54) is 12.8 Å². The summed E-state index contributed by atoms with van der Waals surface area (Å²) in [5.41, 5.74) is 1.95. The van der Waals surface area contributed by atoms with Gasteiger partial charge in [-0.3, -0.25) is 0 Å². The number of nitrogens with zero attached hydrogens (tertiary/aromatic N) is 5. The minimum Gasteiger partial charge on any atom is -0.354 e. The van der Waals surface area contributed by atoms with E-state index >= 15 is 0 Å². The van der Waals surface area contributed by atoms with Crippen molar-refractivity contribution in [3.8, 4) is 0 Å². The van der Waals surface area contributed by atoms with Crippen LogP contribution in [0.4, 0.5) is 17.6 Å². The van der Waals surface area contributed by atoms with Crippen LogP contribution in [0.5, 0.6) is 0 Å². The molecule has 0 atom stereocenters. The first-order valence-electron chi connectivity index (χ1n) is 8.35. The average Bonchev–Trinajstić information content (AvgIpc) is 3.31. The molecule has 0 unspecified atom stereocenters. The fourth-order valence-corrected chi connectivity index (χ4v) is 2.61. The molecule has 24 heavy (non-hydrogen) atoms. The van der Waals surface area contributed by atoms with Crippen LogP contribution in [-0.4, -0.2) is 31.0 Å². The molecule has 1 saturated carbocycles. The lowest BCUT2D eigenvalue weighted by Crippen LogP contribution is -2.08. The molecule has 0 radical (unpaired) electrons. The molecule has 124 valence electrons. The number of imidazole rings is 1. The van der Waals surface area contributed by atoms with Gasteiger partial charge in [-0.25, -0.2) is 15.0 Å². The van der Waals surface area contributed by atoms with Gasteiger partial charge in [0.05, 0.1) is 18.0 Å². The van der Waals surface area contributed by atoms with E-state index in [0.29, 0.717) is 12.0 Å². The third kappa shape index (κ3) is 3.15. The molecule has 0 amide bonds. The summed E-state index contributed by atoms with van der Waals surface area (Å²) in [6, 6.07) is 4.19. The maximum absolute atomic E-state index is 4.50. The van der Waals surface area contributed by atoms with Gasteiger partial charge in [-0.1, -0.05) is 0 Å². The molecule has 3 aromatic rings. The maximum Gasteiger partial charge on any atom is 0.224 e. The van der Waals surface area contributed by atoms with Crippen LogP contribution in [-0.2, 0) is 0 Å². The van der Waals surface area contributed by atoms with Gasteiger partial charge in [0.1, 0.15) is 17.2 Å². The van der Waals surface area contributed by atoms with Crippen LogP contribution in [0.15, 0.2) is 30.9 Å². The second-order valence-corrected chi connectivity index (χ2v) is 6.52. The Bertz CT molecular complexity index is 851. The van der Waals surface area contributed by atoms with Gasteiger partial charge in [0.15, 0.2) is 0 Å². The van der Waals surface area contributed by atoms with Crippen LogP contribution in [0.25, 0.3) is 11.0 Å². The molecule has 1 aliphatic carbocycles. The summed E-state index contributed by atoms with van der Waals surface area (Å²) in [6.45, 7) is 5.22. The van der Waals surface area contributed by atoms with Crippen LogP contribution in [0.2, 0.25) is 0 Å². The Morgan fingerprint density at radius 2 is 2.08 bits per heavy atom. The van der Waals surface area contributed by atoms with Crippen LogP contribution >= 0.6 is 0 Å². The van der Waals surface area contributed by atoms with Gasteiger partial charge in [-0.15, -0.1) is 0 Å². The highest BCUT2D eigenvalue weighted by atomic mass is 15.2. The van der Waals surface area contributed by atoms with Gasteiger partial charge in [0.25, 0.3) is 0 Å². The zero-order chi connectivity index (χ0) is 16.5. The molecule has 1 fully saturated rings. The summed E-state index contributed by atoms with van der Waals surface area (Å²) >= 11 is 0. The first kappa shape index (κ1) is 14.9. The molecule has 7 heteroatoms. The molecule has 3 heterocycles. The van der Waals surface area contributed by atoms with Gasteiger partial charge in [-0.2, -0.15) is 4.98 Å². The monoisotopic (exact) mass is 323 g/mol. The Hall–Kier alpha value is -2.70. The number of rotatable bonds is 6. The molecule has 3 aromatic heterocycles. The number of hydrogen-bond acceptors (Lipinski definition) is 6. The highest BCUT2D eigenvalue weighted by Crippen LogP contribution is 2.28. The Morgan fingerprint density at radius 3 is 2.88 bits per heavy atom. The fourth-order valence-electron chi connectivity index (χ4n) is 2.61. The summed E-state index contributed by atoms with van der Waals surface area (Å²) < 4.78 is 2.13. The summed E-state index contributed by atoms with van der Waals surface area (Å²) in [5.74, 6) is 2.91. The van der Waals surface area contributed by atoms with Crippen molar-refractivity contribution < 1.29 is 0 Å². The van der Waals surface area contributed by atoms with Gasteiger partial charge < -0.3 is 15.2 Å².